The third-order valence-corrected chi connectivity index (χ3v) is 6.63. The molecule has 138 valence electrons. The lowest BCUT2D eigenvalue weighted by Gasteiger charge is -2.42. The summed E-state index contributed by atoms with van der Waals surface area (Å²) in [6, 6.07) is 2.25. The van der Waals surface area contributed by atoms with E-state index in [1.54, 1.807) is 6.07 Å². The summed E-state index contributed by atoms with van der Waals surface area (Å²) in [6.45, 7) is 6.38. The van der Waals surface area contributed by atoms with Crippen LogP contribution in [0.15, 0.2) is 12.3 Å². The van der Waals surface area contributed by atoms with Crippen molar-refractivity contribution in [3.8, 4) is 0 Å². The maximum absolute atomic E-state index is 13.4. The van der Waals surface area contributed by atoms with E-state index in [0.717, 1.165) is 50.2 Å². The molecule has 25 heavy (non-hydrogen) atoms. The highest BCUT2D eigenvalue weighted by Gasteiger charge is 2.43. The summed E-state index contributed by atoms with van der Waals surface area (Å²) in [6.07, 6.45) is 9.19. The van der Waals surface area contributed by atoms with Gasteiger partial charge in [-0.1, -0.05) is 0 Å². The lowest BCUT2D eigenvalue weighted by Crippen LogP contribution is -2.47. The van der Waals surface area contributed by atoms with Gasteiger partial charge in [-0.3, -0.25) is 4.90 Å². The predicted molar refractivity (Wildman–Crippen MR) is 97.3 cm³/mol. The summed E-state index contributed by atoms with van der Waals surface area (Å²) < 4.78 is 13.4. The number of piperidine rings is 1. The Labute approximate surface area is 150 Å². The van der Waals surface area contributed by atoms with Gasteiger partial charge in [0.2, 0.25) is 0 Å². The van der Waals surface area contributed by atoms with E-state index < -0.39 is 0 Å². The third-order valence-electron chi connectivity index (χ3n) is 6.63. The van der Waals surface area contributed by atoms with Crippen molar-refractivity contribution in [1.29, 1.82) is 0 Å². The van der Waals surface area contributed by atoms with Crippen molar-refractivity contribution >= 4 is 5.82 Å². The molecule has 0 aromatic carbocycles. The molecule has 0 unspecified atom stereocenters. The Bertz CT molecular complexity index is 617. The minimum absolute atomic E-state index is 0.0782. The van der Waals surface area contributed by atoms with Crippen molar-refractivity contribution in [2.24, 2.45) is 5.41 Å². The predicted octanol–water partition coefficient (Wildman–Crippen LogP) is 3.12. The van der Waals surface area contributed by atoms with Crippen LogP contribution >= 0.6 is 0 Å². The van der Waals surface area contributed by atoms with E-state index in [1.807, 2.05) is 6.92 Å². The molecular formula is C20H30FN3O. The van der Waals surface area contributed by atoms with Crippen LogP contribution in [-0.2, 0) is 0 Å². The van der Waals surface area contributed by atoms with Crippen LogP contribution in [0.2, 0.25) is 0 Å². The van der Waals surface area contributed by atoms with E-state index >= 15 is 0 Å². The first-order chi connectivity index (χ1) is 12.0. The molecule has 0 bridgehead atoms. The lowest BCUT2D eigenvalue weighted by molar-refractivity contribution is 0.0770. The highest BCUT2D eigenvalue weighted by atomic mass is 19.1. The van der Waals surface area contributed by atoms with Gasteiger partial charge in [-0.25, -0.2) is 9.37 Å². The topological polar surface area (TPSA) is 39.6 Å². The summed E-state index contributed by atoms with van der Waals surface area (Å²) in [5, 5.41) is 9.76. The number of aromatic nitrogens is 1. The van der Waals surface area contributed by atoms with Crippen molar-refractivity contribution in [3.05, 3.63) is 23.6 Å². The normalized spacial score (nSPS) is 34.0. The van der Waals surface area contributed by atoms with Crippen LogP contribution in [-0.4, -0.2) is 53.3 Å². The summed E-state index contributed by atoms with van der Waals surface area (Å²) in [4.78, 5) is 9.45. The van der Waals surface area contributed by atoms with E-state index in [-0.39, 0.29) is 11.9 Å². The number of aliphatic hydroxyl groups excluding tert-OH is 1. The number of likely N-dealkylation sites (tertiary alicyclic amines) is 1. The standard InChI is InChI=1S/C20H30FN3O/c1-15-11-16(21)12-22-19(15)24-9-2-7-20(14-24)8-10-23(13-20)17-3-5-18(25)6-4-17/h11-12,17-18,25H,2-10,13-14H2,1H3/t17?,18?,20-/m1/s1. The van der Waals surface area contributed by atoms with Gasteiger partial charge in [-0.2, -0.15) is 0 Å². The second-order valence-corrected chi connectivity index (χ2v) is 8.50. The van der Waals surface area contributed by atoms with Crippen LogP contribution in [0.4, 0.5) is 10.2 Å². The molecule has 2 aliphatic heterocycles. The molecule has 2 saturated heterocycles. The van der Waals surface area contributed by atoms with E-state index in [4.69, 9.17) is 0 Å². The van der Waals surface area contributed by atoms with E-state index in [1.165, 1.54) is 38.5 Å². The molecule has 1 atom stereocenters. The second kappa shape index (κ2) is 6.84. The molecule has 5 heteroatoms. The van der Waals surface area contributed by atoms with Crippen LogP contribution in [0.1, 0.15) is 50.5 Å². The molecule has 1 spiro atoms. The number of nitrogens with zero attached hydrogens (tertiary/aromatic N) is 3. The number of hydrogen-bond acceptors (Lipinski definition) is 4. The minimum atomic E-state index is -0.250. The Morgan fingerprint density at radius 3 is 2.72 bits per heavy atom. The molecule has 3 aliphatic rings. The van der Waals surface area contributed by atoms with Crippen LogP contribution in [0, 0.1) is 18.2 Å². The SMILES string of the molecule is Cc1cc(F)cnc1N1CCC[C@]2(CCN(C3CCC(O)CC3)C2)C1. The Morgan fingerprint density at radius 1 is 1.16 bits per heavy atom. The number of aryl methyl sites for hydroxylation is 1. The Hall–Kier alpha value is -1.20. The van der Waals surface area contributed by atoms with Gasteiger partial charge in [0.15, 0.2) is 0 Å². The zero-order valence-corrected chi connectivity index (χ0v) is 15.3. The first kappa shape index (κ1) is 17.2. The van der Waals surface area contributed by atoms with Gasteiger partial charge in [0.05, 0.1) is 12.3 Å². The van der Waals surface area contributed by atoms with Gasteiger partial charge >= 0.3 is 0 Å². The van der Waals surface area contributed by atoms with Gasteiger partial charge in [-0.15, -0.1) is 0 Å². The van der Waals surface area contributed by atoms with Crippen LogP contribution in [0.25, 0.3) is 0 Å². The molecule has 3 heterocycles. The Balaban J connectivity index is 1.44. The second-order valence-electron chi connectivity index (χ2n) is 8.50. The van der Waals surface area contributed by atoms with Crippen LogP contribution in [0.3, 0.4) is 0 Å². The van der Waals surface area contributed by atoms with Gasteiger partial charge in [0.1, 0.15) is 11.6 Å². The zero-order valence-electron chi connectivity index (χ0n) is 15.3. The molecule has 4 rings (SSSR count). The average Bonchev–Trinajstić information content (AvgIpc) is 2.99. The number of hydrogen-bond donors (Lipinski definition) is 1. The first-order valence-electron chi connectivity index (χ1n) is 9.84. The Morgan fingerprint density at radius 2 is 1.96 bits per heavy atom. The summed E-state index contributed by atoms with van der Waals surface area (Å²) >= 11 is 0. The minimum Gasteiger partial charge on any atom is -0.393 e. The lowest BCUT2D eigenvalue weighted by atomic mass is 9.79. The maximum atomic E-state index is 13.4. The molecule has 3 fully saturated rings. The third kappa shape index (κ3) is 3.54. The molecule has 1 aromatic heterocycles. The molecule has 1 saturated carbocycles. The van der Waals surface area contributed by atoms with E-state index in [9.17, 15) is 9.50 Å². The van der Waals surface area contributed by atoms with Crippen LogP contribution < -0.4 is 4.90 Å². The Kier molecular flexibility index (Phi) is 4.71. The molecule has 0 radical (unpaired) electrons. The smallest absolute Gasteiger partial charge is 0.141 e. The van der Waals surface area contributed by atoms with Gasteiger partial charge in [-0.05, 0) is 70.0 Å². The highest BCUT2D eigenvalue weighted by Crippen LogP contribution is 2.42. The van der Waals surface area contributed by atoms with Gasteiger partial charge in [0.25, 0.3) is 0 Å². The molecule has 0 amide bonds. The van der Waals surface area contributed by atoms with E-state index in [0.29, 0.717) is 11.5 Å². The molecule has 1 N–H and O–H groups in total. The molecular weight excluding hydrogens is 317 g/mol. The summed E-state index contributed by atoms with van der Waals surface area (Å²) in [7, 11) is 0. The number of pyridine rings is 1. The molecule has 1 aliphatic carbocycles. The van der Waals surface area contributed by atoms with Crippen LogP contribution in [0.5, 0.6) is 0 Å². The van der Waals surface area contributed by atoms with E-state index in [2.05, 4.69) is 14.8 Å². The number of anilines is 1. The first-order valence-corrected chi connectivity index (χ1v) is 9.84. The zero-order chi connectivity index (χ0) is 17.4. The average molecular weight is 347 g/mol. The summed E-state index contributed by atoms with van der Waals surface area (Å²) in [5.41, 5.74) is 1.30. The van der Waals surface area contributed by atoms with Crippen molar-refractivity contribution in [1.82, 2.24) is 9.88 Å². The van der Waals surface area contributed by atoms with Crippen molar-refractivity contribution < 1.29 is 9.50 Å². The largest absolute Gasteiger partial charge is 0.393 e. The molecule has 1 aromatic rings. The monoisotopic (exact) mass is 347 g/mol. The number of halogens is 1. The fourth-order valence-electron chi connectivity index (χ4n) is 5.29. The molecule has 4 nitrogen and oxygen atoms in total. The highest BCUT2D eigenvalue weighted by molar-refractivity contribution is 5.47. The number of rotatable bonds is 2. The van der Waals surface area contributed by atoms with Crippen molar-refractivity contribution in [3.63, 3.8) is 0 Å². The van der Waals surface area contributed by atoms with Crippen molar-refractivity contribution in [2.45, 2.75) is 64.0 Å². The van der Waals surface area contributed by atoms with Gasteiger partial charge in [0, 0.05) is 31.1 Å². The summed E-state index contributed by atoms with van der Waals surface area (Å²) in [5.74, 6) is 0.708. The van der Waals surface area contributed by atoms with Crippen molar-refractivity contribution in [2.75, 3.05) is 31.1 Å². The quantitative estimate of drug-likeness (QED) is 0.892. The van der Waals surface area contributed by atoms with Gasteiger partial charge < -0.3 is 10.0 Å². The fraction of sp³-hybridized carbons (Fsp3) is 0.750. The number of aliphatic hydroxyl groups is 1. The fourth-order valence-corrected chi connectivity index (χ4v) is 5.29. The maximum Gasteiger partial charge on any atom is 0.141 e.